The molecule has 1 N–H and O–H groups in total. The molecule has 0 radical (unpaired) electrons. The van der Waals surface area contributed by atoms with Crippen LogP contribution >= 0.6 is 27.7 Å². The van der Waals surface area contributed by atoms with Crippen molar-refractivity contribution in [2.45, 2.75) is 11.7 Å². The molecule has 0 fully saturated rings. The van der Waals surface area contributed by atoms with Crippen molar-refractivity contribution in [3.63, 3.8) is 0 Å². The minimum absolute atomic E-state index is 0.288. The number of rotatable bonds is 1. The first-order chi connectivity index (χ1) is 3.83. The van der Waals surface area contributed by atoms with Gasteiger partial charge in [0.2, 0.25) is 0 Å². The lowest BCUT2D eigenvalue weighted by Crippen LogP contribution is -2.02. The largest absolute Gasteiger partial charge is 0.395 e. The minimum Gasteiger partial charge on any atom is -0.395 e. The molecule has 0 amide bonds. The van der Waals surface area contributed by atoms with Crippen LogP contribution in [0.5, 0.6) is 0 Å². The number of hydrogen-bond donors (Lipinski definition) is 1. The van der Waals surface area contributed by atoms with Gasteiger partial charge in [0.1, 0.15) is 0 Å². The summed E-state index contributed by atoms with van der Waals surface area (Å²) in [5.74, 6) is 0. The fourth-order valence-electron chi connectivity index (χ4n) is 0.591. The smallest absolute Gasteiger partial charge is 0.0556 e. The number of aliphatic hydroxyl groups is 1. The van der Waals surface area contributed by atoms with E-state index in [1.165, 1.54) is 4.48 Å². The summed E-state index contributed by atoms with van der Waals surface area (Å²) in [5, 5.41) is 11.1. The fraction of sp³-hybridized carbons (Fsp3) is 0.600. The van der Waals surface area contributed by atoms with Gasteiger partial charge in [0.15, 0.2) is 0 Å². The van der Waals surface area contributed by atoms with Gasteiger partial charge in [-0.3, -0.25) is 0 Å². The average molecular weight is 195 g/mol. The molecule has 1 nitrogen and oxygen atoms in total. The van der Waals surface area contributed by atoms with Crippen LogP contribution in [0.25, 0.3) is 0 Å². The van der Waals surface area contributed by atoms with Crippen LogP contribution in [-0.4, -0.2) is 17.0 Å². The van der Waals surface area contributed by atoms with Crippen molar-refractivity contribution >= 4 is 27.7 Å². The maximum Gasteiger partial charge on any atom is 0.0556 e. The van der Waals surface area contributed by atoms with Gasteiger partial charge in [0.25, 0.3) is 0 Å². The normalized spacial score (nSPS) is 28.2. The molecular weight excluding hydrogens is 188 g/mol. The van der Waals surface area contributed by atoms with Crippen LogP contribution in [0, 0.1) is 0 Å². The van der Waals surface area contributed by atoms with Gasteiger partial charge >= 0.3 is 0 Å². The summed E-state index contributed by atoms with van der Waals surface area (Å²) >= 11 is 5.04. The lowest BCUT2D eigenvalue weighted by Gasteiger charge is -1.99. The Hall–Kier alpha value is 0.530. The fourth-order valence-corrected chi connectivity index (χ4v) is 2.32. The van der Waals surface area contributed by atoms with Crippen molar-refractivity contribution in [2.75, 3.05) is 6.61 Å². The van der Waals surface area contributed by atoms with E-state index in [1.54, 1.807) is 11.8 Å². The monoisotopic (exact) mass is 194 g/mol. The molecule has 0 bridgehead atoms. The second-order valence-electron chi connectivity index (χ2n) is 1.71. The Morgan fingerprint density at radius 1 is 2.00 bits per heavy atom. The predicted octanol–water partition coefficient (Wildman–Crippen LogP) is 1.72. The van der Waals surface area contributed by atoms with Crippen molar-refractivity contribution in [3.05, 3.63) is 9.89 Å². The molecule has 0 aromatic rings. The molecule has 0 aromatic carbocycles. The molecule has 3 heteroatoms. The molecule has 0 aliphatic carbocycles. The Kier molecular flexibility index (Phi) is 2.41. The predicted molar refractivity (Wildman–Crippen MR) is 40.1 cm³/mol. The molecule has 1 rings (SSSR count). The van der Waals surface area contributed by atoms with Crippen molar-refractivity contribution < 1.29 is 5.11 Å². The molecule has 0 saturated carbocycles. The van der Waals surface area contributed by atoms with Crippen molar-refractivity contribution in [3.8, 4) is 0 Å². The van der Waals surface area contributed by atoms with Gasteiger partial charge in [0, 0.05) is 9.73 Å². The van der Waals surface area contributed by atoms with Crippen LogP contribution in [0.2, 0.25) is 0 Å². The van der Waals surface area contributed by atoms with Gasteiger partial charge in [0.05, 0.1) is 6.61 Å². The summed E-state index contributed by atoms with van der Waals surface area (Å²) in [4.78, 5) is 0. The molecular formula is C5H7BrOS. The average Bonchev–Trinajstić information content (AvgIpc) is 2.14. The van der Waals surface area contributed by atoms with Gasteiger partial charge in [-0.25, -0.2) is 0 Å². The molecule has 0 saturated heterocycles. The van der Waals surface area contributed by atoms with Gasteiger partial charge in [-0.15, -0.1) is 11.8 Å². The third-order valence-electron chi connectivity index (χ3n) is 1.01. The lowest BCUT2D eigenvalue weighted by atomic mass is 10.3. The molecule has 1 aliphatic rings. The van der Waals surface area contributed by atoms with E-state index < -0.39 is 0 Å². The molecule has 1 atom stereocenters. The number of thioether (sulfide) groups is 1. The maximum absolute atomic E-state index is 8.61. The van der Waals surface area contributed by atoms with Crippen LogP contribution in [0.15, 0.2) is 9.89 Å². The topological polar surface area (TPSA) is 20.2 Å². The zero-order valence-corrected chi connectivity index (χ0v) is 6.70. The summed E-state index contributed by atoms with van der Waals surface area (Å²) in [7, 11) is 0. The van der Waals surface area contributed by atoms with Gasteiger partial charge in [-0.05, 0) is 11.8 Å². The van der Waals surface area contributed by atoms with Crippen molar-refractivity contribution in [1.82, 2.24) is 0 Å². The van der Waals surface area contributed by atoms with E-state index in [0.717, 1.165) is 6.42 Å². The first kappa shape index (κ1) is 6.65. The summed E-state index contributed by atoms with van der Waals surface area (Å²) < 4.78 is 1.21. The van der Waals surface area contributed by atoms with E-state index in [2.05, 4.69) is 15.9 Å². The van der Waals surface area contributed by atoms with Crippen LogP contribution < -0.4 is 0 Å². The van der Waals surface area contributed by atoms with E-state index in [0.29, 0.717) is 5.25 Å². The highest BCUT2D eigenvalue weighted by molar-refractivity contribution is 9.11. The quantitative estimate of drug-likeness (QED) is 0.687. The van der Waals surface area contributed by atoms with Gasteiger partial charge in [-0.2, -0.15) is 0 Å². The van der Waals surface area contributed by atoms with Crippen molar-refractivity contribution in [1.29, 1.82) is 0 Å². The Labute approximate surface area is 61.3 Å². The number of allylic oxidation sites excluding steroid dienone is 1. The van der Waals surface area contributed by atoms with Crippen LogP contribution in [0.3, 0.4) is 0 Å². The number of hydrogen-bond acceptors (Lipinski definition) is 2. The van der Waals surface area contributed by atoms with Crippen LogP contribution in [0.1, 0.15) is 6.42 Å². The second kappa shape index (κ2) is 2.90. The zero-order valence-electron chi connectivity index (χ0n) is 4.30. The molecule has 1 aliphatic heterocycles. The highest BCUT2D eigenvalue weighted by Crippen LogP contribution is 2.32. The first-order valence-electron chi connectivity index (χ1n) is 2.44. The van der Waals surface area contributed by atoms with E-state index in [9.17, 15) is 0 Å². The van der Waals surface area contributed by atoms with Crippen LogP contribution in [-0.2, 0) is 0 Å². The summed E-state index contributed by atoms with van der Waals surface area (Å²) in [6.07, 6.45) is 0.987. The SMILES string of the molecule is OCC1CC(Br)=CS1. The standard InChI is InChI=1S/C5H7BrOS/c6-4-1-5(2-7)8-3-4/h3,5,7H,1-2H2. The highest BCUT2D eigenvalue weighted by Gasteiger charge is 2.13. The summed E-state index contributed by atoms with van der Waals surface area (Å²) in [6.45, 7) is 0.288. The molecule has 0 spiro atoms. The molecule has 1 heterocycles. The van der Waals surface area contributed by atoms with Crippen molar-refractivity contribution in [2.24, 2.45) is 0 Å². The zero-order chi connectivity index (χ0) is 5.98. The maximum atomic E-state index is 8.61. The van der Waals surface area contributed by atoms with Gasteiger partial charge < -0.3 is 5.11 Å². The molecule has 46 valence electrons. The molecule has 0 aromatic heterocycles. The van der Waals surface area contributed by atoms with E-state index in [1.807, 2.05) is 5.41 Å². The molecule has 8 heavy (non-hydrogen) atoms. The van der Waals surface area contributed by atoms with E-state index in [-0.39, 0.29) is 6.61 Å². The third-order valence-corrected chi connectivity index (χ3v) is 2.99. The second-order valence-corrected chi connectivity index (χ2v) is 3.90. The first-order valence-corrected chi connectivity index (χ1v) is 4.17. The number of aliphatic hydroxyl groups excluding tert-OH is 1. The third kappa shape index (κ3) is 1.50. The Morgan fingerprint density at radius 3 is 3.00 bits per heavy atom. The Morgan fingerprint density at radius 2 is 2.75 bits per heavy atom. The Balaban J connectivity index is 2.32. The highest BCUT2D eigenvalue weighted by atomic mass is 79.9. The lowest BCUT2D eigenvalue weighted by molar-refractivity contribution is 0.296. The summed E-state index contributed by atoms with van der Waals surface area (Å²) in [5.41, 5.74) is 0. The molecule has 1 unspecified atom stereocenters. The van der Waals surface area contributed by atoms with Crippen LogP contribution in [0.4, 0.5) is 0 Å². The number of halogens is 1. The summed E-state index contributed by atoms with van der Waals surface area (Å²) in [6, 6.07) is 0. The van der Waals surface area contributed by atoms with Gasteiger partial charge in [-0.1, -0.05) is 15.9 Å². The minimum atomic E-state index is 0.288. The van der Waals surface area contributed by atoms with E-state index in [4.69, 9.17) is 5.11 Å². The Bertz CT molecular complexity index is 113. The van der Waals surface area contributed by atoms with E-state index >= 15 is 0 Å².